The van der Waals surface area contributed by atoms with Crippen molar-refractivity contribution in [2.75, 3.05) is 6.54 Å². The van der Waals surface area contributed by atoms with Crippen molar-refractivity contribution in [1.82, 2.24) is 10.2 Å². The molecule has 136 valence electrons. The van der Waals surface area contributed by atoms with E-state index in [1.54, 1.807) is 12.1 Å². The fourth-order valence-electron chi connectivity index (χ4n) is 2.88. The van der Waals surface area contributed by atoms with Gasteiger partial charge in [0.15, 0.2) is 5.78 Å². The predicted octanol–water partition coefficient (Wildman–Crippen LogP) is 2.05. The lowest BCUT2D eigenvalue weighted by atomic mass is 9.91. The molecule has 3 rings (SSSR count). The molecule has 2 aromatic rings. The van der Waals surface area contributed by atoms with Gasteiger partial charge in [-0.3, -0.25) is 14.5 Å². The third-order valence-corrected chi connectivity index (χ3v) is 4.43. The molecular weight excluding hydrogens is 353 g/mol. The molecule has 1 heterocycles. The summed E-state index contributed by atoms with van der Waals surface area (Å²) in [5, 5.41) is 21.1. The van der Waals surface area contributed by atoms with Crippen LogP contribution in [-0.2, 0) is 10.3 Å². The van der Waals surface area contributed by atoms with E-state index in [1.807, 2.05) is 6.07 Å². The second kappa shape index (κ2) is 6.53. The molecule has 0 bridgehead atoms. The molecule has 1 fully saturated rings. The molecule has 0 spiro atoms. The quantitative estimate of drug-likeness (QED) is 0.635. The average Bonchev–Trinajstić information content (AvgIpc) is 2.85. The fraction of sp³-hybridized carbons (Fsp3) is 0.158. The molecule has 0 saturated carbocycles. The maximum Gasteiger partial charge on any atom is 0.325 e. The number of rotatable bonds is 4. The molecule has 27 heavy (non-hydrogen) atoms. The first-order chi connectivity index (χ1) is 12.8. The lowest BCUT2D eigenvalue weighted by molar-refractivity contribution is -0.130. The number of halogens is 1. The number of hydrogen-bond donors (Lipinski definition) is 2. The molecule has 1 aliphatic rings. The van der Waals surface area contributed by atoms with Crippen molar-refractivity contribution in [1.29, 1.82) is 5.26 Å². The number of phenolic OH excluding ortho intramolecular Hbond substituents is 1. The number of benzene rings is 2. The molecule has 0 radical (unpaired) electrons. The van der Waals surface area contributed by atoms with Crippen LogP contribution in [0.4, 0.5) is 9.18 Å². The topological polar surface area (TPSA) is 110 Å². The minimum absolute atomic E-state index is 0.191. The molecule has 0 aromatic heterocycles. The zero-order valence-corrected chi connectivity index (χ0v) is 14.2. The summed E-state index contributed by atoms with van der Waals surface area (Å²) in [6, 6.07) is 10.2. The Labute approximate surface area is 153 Å². The van der Waals surface area contributed by atoms with E-state index in [2.05, 4.69) is 5.32 Å². The number of carbonyl (C=O) groups is 3. The Morgan fingerprint density at radius 1 is 1.26 bits per heavy atom. The molecule has 1 unspecified atom stereocenters. The Balaban J connectivity index is 1.85. The van der Waals surface area contributed by atoms with Crippen LogP contribution in [0.25, 0.3) is 0 Å². The van der Waals surface area contributed by atoms with Crippen molar-refractivity contribution >= 4 is 17.7 Å². The van der Waals surface area contributed by atoms with Gasteiger partial charge >= 0.3 is 6.03 Å². The Kier molecular flexibility index (Phi) is 4.37. The number of amides is 3. The molecule has 2 N–H and O–H groups in total. The smallest absolute Gasteiger partial charge is 0.325 e. The second-order valence-corrected chi connectivity index (χ2v) is 6.22. The Hall–Kier alpha value is -3.73. The van der Waals surface area contributed by atoms with E-state index in [0.717, 1.165) is 23.1 Å². The molecule has 8 heteroatoms. The highest BCUT2D eigenvalue weighted by molar-refractivity contribution is 6.11. The number of urea groups is 1. The van der Waals surface area contributed by atoms with Crippen LogP contribution in [0, 0.1) is 17.1 Å². The number of ketones is 1. The van der Waals surface area contributed by atoms with E-state index < -0.39 is 41.4 Å². The van der Waals surface area contributed by atoms with Gasteiger partial charge in [-0.15, -0.1) is 0 Å². The van der Waals surface area contributed by atoms with Gasteiger partial charge in [-0.1, -0.05) is 12.1 Å². The first kappa shape index (κ1) is 18.1. The van der Waals surface area contributed by atoms with E-state index in [0.29, 0.717) is 11.1 Å². The summed E-state index contributed by atoms with van der Waals surface area (Å²) in [6.07, 6.45) is 0. The zero-order chi connectivity index (χ0) is 19.8. The van der Waals surface area contributed by atoms with Gasteiger partial charge in [0, 0.05) is 6.07 Å². The monoisotopic (exact) mass is 367 g/mol. The van der Waals surface area contributed by atoms with Gasteiger partial charge in [-0.05, 0) is 36.8 Å². The highest BCUT2D eigenvalue weighted by Crippen LogP contribution is 2.29. The van der Waals surface area contributed by atoms with Gasteiger partial charge in [0.1, 0.15) is 17.1 Å². The summed E-state index contributed by atoms with van der Waals surface area (Å²) in [5.74, 6) is -2.64. The fourth-order valence-corrected chi connectivity index (χ4v) is 2.88. The Bertz CT molecular complexity index is 997. The molecular formula is C19H14FN3O4. The van der Waals surface area contributed by atoms with E-state index >= 15 is 0 Å². The van der Waals surface area contributed by atoms with Gasteiger partial charge in [0.2, 0.25) is 0 Å². The normalized spacial score (nSPS) is 18.9. The van der Waals surface area contributed by atoms with Gasteiger partial charge < -0.3 is 10.4 Å². The van der Waals surface area contributed by atoms with Crippen molar-refractivity contribution in [3.63, 3.8) is 0 Å². The number of nitrogens with zero attached hydrogens (tertiary/aromatic N) is 2. The number of Topliss-reactive ketones (excluding diaryl/α,β-unsaturated/α-hetero) is 1. The van der Waals surface area contributed by atoms with Crippen molar-refractivity contribution in [2.45, 2.75) is 12.5 Å². The van der Waals surface area contributed by atoms with Gasteiger partial charge in [0.25, 0.3) is 5.91 Å². The van der Waals surface area contributed by atoms with Crippen LogP contribution in [-0.4, -0.2) is 34.3 Å². The molecule has 1 saturated heterocycles. The molecule has 1 atom stereocenters. The third-order valence-electron chi connectivity index (χ3n) is 4.43. The highest BCUT2D eigenvalue weighted by atomic mass is 19.1. The van der Waals surface area contributed by atoms with Crippen LogP contribution in [0.2, 0.25) is 0 Å². The average molecular weight is 367 g/mol. The minimum atomic E-state index is -1.39. The number of imide groups is 1. The Morgan fingerprint density at radius 2 is 1.93 bits per heavy atom. The number of aromatic hydroxyl groups is 1. The number of nitrogens with one attached hydrogen (secondary N) is 1. The van der Waals surface area contributed by atoms with Crippen LogP contribution >= 0.6 is 0 Å². The van der Waals surface area contributed by atoms with E-state index in [4.69, 9.17) is 5.26 Å². The van der Waals surface area contributed by atoms with Crippen LogP contribution in [0.3, 0.4) is 0 Å². The lowest BCUT2D eigenvalue weighted by Gasteiger charge is -2.22. The number of hydrogen-bond acceptors (Lipinski definition) is 5. The van der Waals surface area contributed by atoms with Crippen molar-refractivity contribution in [3.8, 4) is 11.8 Å². The number of phenols is 1. The summed E-state index contributed by atoms with van der Waals surface area (Å²) in [4.78, 5) is 38.2. The van der Waals surface area contributed by atoms with Crippen LogP contribution in [0.5, 0.6) is 5.75 Å². The minimum Gasteiger partial charge on any atom is -0.507 e. The summed E-state index contributed by atoms with van der Waals surface area (Å²) in [5.41, 5.74) is -0.725. The predicted molar refractivity (Wildman–Crippen MR) is 91.1 cm³/mol. The van der Waals surface area contributed by atoms with Crippen LogP contribution < -0.4 is 5.32 Å². The summed E-state index contributed by atoms with van der Waals surface area (Å²) in [6.45, 7) is 0.893. The van der Waals surface area contributed by atoms with Crippen LogP contribution in [0.1, 0.15) is 28.4 Å². The second-order valence-electron chi connectivity index (χ2n) is 6.22. The van der Waals surface area contributed by atoms with Crippen molar-refractivity contribution < 1.29 is 23.9 Å². The van der Waals surface area contributed by atoms with Crippen molar-refractivity contribution in [2.24, 2.45) is 0 Å². The summed E-state index contributed by atoms with van der Waals surface area (Å²) >= 11 is 0. The largest absolute Gasteiger partial charge is 0.507 e. The molecule has 3 amide bonds. The number of carbonyl (C=O) groups excluding carboxylic acids is 3. The molecule has 2 aromatic carbocycles. The lowest BCUT2D eigenvalue weighted by Crippen LogP contribution is -2.41. The van der Waals surface area contributed by atoms with Gasteiger partial charge in [-0.2, -0.15) is 5.26 Å². The van der Waals surface area contributed by atoms with Gasteiger partial charge in [-0.25, -0.2) is 9.18 Å². The maximum atomic E-state index is 13.1. The first-order valence-electron chi connectivity index (χ1n) is 7.92. The summed E-state index contributed by atoms with van der Waals surface area (Å²) < 4.78 is 13.1. The molecule has 0 aliphatic carbocycles. The summed E-state index contributed by atoms with van der Waals surface area (Å²) in [7, 11) is 0. The first-order valence-corrected chi connectivity index (χ1v) is 7.92. The van der Waals surface area contributed by atoms with Crippen molar-refractivity contribution in [3.05, 3.63) is 65.0 Å². The SMILES string of the molecule is CC1(c2ccc(C#N)cc2)NC(=O)N(CC(=O)c2ccc(F)cc2O)C1=O. The van der Waals surface area contributed by atoms with E-state index in [1.165, 1.54) is 19.1 Å². The zero-order valence-electron chi connectivity index (χ0n) is 14.2. The third kappa shape index (κ3) is 3.11. The molecule has 1 aliphatic heterocycles. The number of nitriles is 1. The highest BCUT2D eigenvalue weighted by Gasteiger charge is 2.49. The molecule has 7 nitrogen and oxygen atoms in total. The van der Waals surface area contributed by atoms with E-state index in [-0.39, 0.29) is 5.56 Å². The maximum absolute atomic E-state index is 13.1. The van der Waals surface area contributed by atoms with Gasteiger partial charge in [0.05, 0.1) is 23.7 Å². The Morgan fingerprint density at radius 3 is 2.52 bits per heavy atom. The van der Waals surface area contributed by atoms with Crippen LogP contribution in [0.15, 0.2) is 42.5 Å². The standard InChI is InChI=1S/C19H14FN3O4/c1-19(12-4-2-11(9-21)3-5-12)17(26)23(18(27)22-19)10-16(25)14-7-6-13(20)8-15(14)24/h2-8,24H,10H2,1H3,(H,22,27). The van der Waals surface area contributed by atoms with E-state index in [9.17, 15) is 23.9 Å².